The van der Waals surface area contributed by atoms with Gasteiger partial charge in [-0.3, -0.25) is 14.9 Å². The van der Waals surface area contributed by atoms with Crippen molar-refractivity contribution in [2.75, 3.05) is 11.9 Å². The van der Waals surface area contributed by atoms with Gasteiger partial charge in [0.25, 0.3) is 5.69 Å². The number of hydrogen-bond donors (Lipinski definition) is 1. The van der Waals surface area contributed by atoms with Crippen LogP contribution in [0.2, 0.25) is 0 Å². The Labute approximate surface area is 157 Å². The molecule has 132 valence electrons. The lowest BCUT2D eigenvalue weighted by molar-refractivity contribution is -0.387. The van der Waals surface area contributed by atoms with Gasteiger partial charge in [0.2, 0.25) is 5.13 Å². The zero-order valence-corrected chi connectivity index (χ0v) is 15.3. The molecule has 1 aromatic heterocycles. The third-order valence-corrected chi connectivity index (χ3v) is 5.38. The highest BCUT2D eigenvalue weighted by Gasteiger charge is 2.20. The number of aromatic nitrogens is 2. The first kappa shape index (κ1) is 18.0. The van der Waals surface area contributed by atoms with Crippen LogP contribution in [-0.4, -0.2) is 27.4 Å². The van der Waals surface area contributed by atoms with E-state index < -0.39 is 4.92 Å². The van der Waals surface area contributed by atoms with Crippen LogP contribution < -0.4 is 5.32 Å². The molecule has 0 saturated heterocycles. The molecule has 0 aliphatic rings. The van der Waals surface area contributed by atoms with Gasteiger partial charge >= 0.3 is 0 Å². The van der Waals surface area contributed by atoms with Crippen molar-refractivity contribution in [1.29, 1.82) is 0 Å². The average Bonchev–Trinajstić information content (AvgIpc) is 3.09. The molecule has 3 aromatic rings. The molecule has 0 bridgehead atoms. The normalized spacial score (nSPS) is 10.5. The van der Waals surface area contributed by atoms with E-state index in [0.29, 0.717) is 19.9 Å². The Morgan fingerprint density at radius 3 is 2.65 bits per heavy atom. The van der Waals surface area contributed by atoms with Gasteiger partial charge in [0, 0.05) is 23.7 Å². The Morgan fingerprint density at radius 2 is 1.96 bits per heavy atom. The number of nitrogens with zero attached hydrogens (tertiary/aromatic N) is 3. The molecule has 0 unspecified atom stereocenters. The van der Waals surface area contributed by atoms with E-state index in [-0.39, 0.29) is 17.0 Å². The van der Waals surface area contributed by atoms with Crippen molar-refractivity contribution in [2.24, 2.45) is 0 Å². The Kier molecular flexibility index (Phi) is 5.59. The van der Waals surface area contributed by atoms with Gasteiger partial charge in [-0.25, -0.2) is 0 Å². The summed E-state index contributed by atoms with van der Waals surface area (Å²) in [5.74, 6) is -0.254. The molecule has 2 aromatic carbocycles. The van der Waals surface area contributed by atoms with Gasteiger partial charge < -0.3 is 5.32 Å². The van der Waals surface area contributed by atoms with E-state index in [1.807, 2.05) is 13.0 Å². The number of nitro groups is 1. The Morgan fingerprint density at radius 1 is 1.19 bits per heavy atom. The van der Waals surface area contributed by atoms with Crippen molar-refractivity contribution in [3.05, 3.63) is 69.8 Å². The molecular formula is C17H14N4O3S2. The lowest BCUT2D eigenvalue weighted by Crippen LogP contribution is -2.02. The smallest absolute Gasteiger partial charge is 0.284 e. The van der Waals surface area contributed by atoms with Crippen LogP contribution in [0.3, 0.4) is 0 Å². The minimum Gasteiger partial charge on any atom is -0.360 e. The quantitative estimate of drug-likeness (QED) is 0.368. The van der Waals surface area contributed by atoms with Gasteiger partial charge in [-0.2, -0.15) is 0 Å². The van der Waals surface area contributed by atoms with Crippen molar-refractivity contribution in [3.63, 3.8) is 0 Å². The summed E-state index contributed by atoms with van der Waals surface area (Å²) in [6.07, 6.45) is 0. The van der Waals surface area contributed by atoms with Gasteiger partial charge in [-0.05, 0) is 30.8 Å². The second-order valence-electron chi connectivity index (χ2n) is 5.14. The number of ketones is 1. The minimum absolute atomic E-state index is 0.128. The standard InChI is InChI=1S/C17H14N4O3S2/c1-2-18-16-19-20-17(26-16)25-14-9-8-12(10-13(14)21(23)24)15(22)11-6-4-3-5-7-11/h3-10H,2H2,1H3,(H,18,19). The van der Waals surface area contributed by atoms with Crippen molar-refractivity contribution in [2.45, 2.75) is 16.2 Å². The molecule has 0 amide bonds. The maximum absolute atomic E-state index is 12.5. The molecule has 3 rings (SSSR count). The predicted molar refractivity (Wildman–Crippen MR) is 101 cm³/mol. The summed E-state index contributed by atoms with van der Waals surface area (Å²) >= 11 is 2.48. The van der Waals surface area contributed by atoms with Crippen LogP contribution in [0, 0.1) is 10.1 Å². The fourth-order valence-electron chi connectivity index (χ4n) is 2.21. The molecule has 0 radical (unpaired) electrons. The molecule has 7 nitrogen and oxygen atoms in total. The SMILES string of the molecule is CCNc1nnc(Sc2ccc(C(=O)c3ccccc3)cc2[N+](=O)[O-])s1. The number of benzene rings is 2. The van der Waals surface area contributed by atoms with Gasteiger partial charge in [0.1, 0.15) is 0 Å². The second kappa shape index (κ2) is 8.07. The summed E-state index contributed by atoms with van der Waals surface area (Å²) in [4.78, 5) is 23.9. The van der Waals surface area contributed by atoms with Gasteiger partial charge in [0.15, 0.2) is 10.1 Å². The van der Waals surface area contributed by atoms with Gasteiger partial charge in [-0.1, -0.05) is 41.7 Å². The molecule has 1 heterocycles. The van der Waals surface area contributed by atoms with Crippen LogP contribution in [-0.2, 0) is 0 Å². The number of nitro benzene ring substituents is 1. The molecular weight excluding hydrogens is 372 g/mol. The van der Waals surface area contributed by atoms with Crippen LogP contribution in [0.15, 0.2) is 57.8 Å². The average molecular weight is 386 g/mol. The number of carbonyl (C=O) groups is 1. The number of rotatable bonds is 7. The fourth-order valence-corrected chi connectivity index (χ4v) is 4.07. The highest BCUT2D eigenvalue weighted by atomic mass is 32.2. The van der Waals surface area contributed by atoms with Crippen LogP contribution in [0.25, 0.3) is 0 Å². The fraction of sp³-hybridized carbons (Fsp3) is 0.118. The van der Waals surface area contributed by atoms with Crippen LogP contribution in [0.5, 0.6) is 0 Å². The lowest BCUT2D eigenvalue weighted by Gasteiger charge is -2.04. The molecule has 0 aliphatic heterocycles. The summed E-state index contributed by atoms with van der Waals surface area (Å²) in [5.41, 5.74) is 0.636. The molecule has 0 aliphatic carbocycles. The first-order valence-corrected chi connectivity index (χ1v) is 9.35. The Balaban J connectivity index is 1.89. The van der Waals surface area contributed by atoms with Crippen molar-refractivity contribution < 1.29 is 9.72 Å². The highest BCUT2D eigenvalue weighted by Crippen LogP contribution is 2.37. The predicted octanol–water partition coefficient (Wildman–Crippen LogP) is 4.26. The molecule has 0 fully saturated rings. The molecule has 0 atom stereocenters. The summed E-state index contributed by atoms with van der Waals surface area (Å²) in [7, 11) is 0. The summed E-state index contributed by atoms with van der Waals surface area (Å²) in [6, 6.07) is 13.2. The van der Waals surface area contributed by atoms with E-state index in [9.17, 15) is 14.9 Å². The maximum Gasteiger partial charge on any atom is 0.284 e. The number of carbonyl (C=O) groups excluding carboxylic acids is 1. The van der Waals surface area contributed by atoms with Gasteiger partial charge in [0.05, 0.1) is 9.82 Å². The first-order chi connectivity index (χ1) is 12.6. The molecule has 26 heavy (non-hydrogen) atoms. The Bertz CT molecular complexity index is 944. The molecule has 0 spiro atoms. The molecule has 9 heteroatoms. The second-order valence-corrected chi connectivity index (χ2v) is 7.41. The third kappa shape index (κ3) is 4.06. The topological polar surface area (TPSA) is 98.0 Å². The van der Waals surface area contributed by atoms with E-state index >= 15 is 0 Å². The maximum atomic E-state index is 12.5. The minimum atomic E-state index is -0.490. The summed E-state index contributed by atoms with van der Waals surface area (Å²) < 4.78 is 0.589. The largest absolute Gasteiger partial charge is 0.360 e. The van der Waals surface area contributed by atoms with Crippen molar-refractivity contribution >= 4 is 39.7 Å². The van der Waals surface area contributed by atoms with E-state index in [0.717, 1.165) is 18.3 Å². The van der Waals surface area contributed by atoms with Gasteiger partial charge in [-0.15, -0.1) is 10.2 Å². The van der Waals surface area contributed by atoms with E-state index in [1.165, 1.54) is 17.4 Å². The first-order valence-electron chi connectivity index (χ1n) is 7.72. The van der Waals surface area contributed by atoms with Crippen molar-refractivity contribution in [1.82, 2.24) is 10.2 Å². The van der Waals surface area contributed by atoms with Crippen molar-refractivity contribution in [3.8, 4) is 0 Å². The Hall–Kier alpha value is -2.78. The lowest BCUT2D eigenvalue weighted by atomic mass is 10.0. The summed E-state index contributed by atoms with van der Waals surface area (Å²) in [6.45, 7) is 2.66. The zero-order valence-electron chi connectivity index (χ0n) is 13.7. The number of hydrogen-bond acceptors (Lipinski definition) is 8. The van der Waals surface area contributed by atoms with Crippen LogP contribution >= 0.6 is 23.1 Å². The van der Waals surface area contributed by atoms with E-state index in [1.54, 1.807) is 36.4 Å². The van der Waals surface area contributed by atoms with E-state index in [2.05, 4.69) is 15.5 Å². The molecule has 0 saturated carbocycles. The number of anilines is 1. The highest BCUT2D eigenvalue weighted by molar-refractivity contribution is 8.01. The molecule has 1 N–H and O–H groups in total. The van der Waals surface area contributed by atoms with E-state index in [4.69, 9.17) is 0 Å². The van der Waals surface area contributed by atoms with Crippen LogP contribution in [0.1, 0.15) is 22.8 Å². The summed E-state index contributed by atoms with van der Waals surface area (Å²) in [5, 5.41) is 23.2. The van der Waals surface area contributed by atoms with Crippen LogP contribution in [0.4, 0.5) is 10.8 Å². The monoisotopic (exact) mass is 386 g/mol. The number of nitrogens with one attached hydrogen (secondary N) is 1. The zero-order chi connectivity index (χ0) is 18.5. The third-order valence-electron chi connectivity index (χ3n) is 3.39.